The lowest BCUT2D eigenvalue weighted by molar-refractivity contribution is 0.0786. The Bertz CT molecular complexity index is 1070. The Hall–Kier alpha value is -1.96. The van der Waals surface area contributed by atoms with E-state index in [1.165, 1.54) is 11.3 Å². The molecule has 1 saturated carbocycles. The molecule has 9 heteroatoms. The maximum Gasteiger partial charge on any atom is 0.252 e. The summed E-state index contributed by atoms with van der Waals surface area (Å²) < 4.78 is 28.2. The number of piperazine rings is 1. The minimum Gasteiger partial charge on any atom is -0.386 e. The van der Waals surface area contributed by atoms with E-state index < -0.39 is 21.2 Å². The summed E-state index contributed by atoms with van der Waals surface area (Å²) in [6, 6.07) is 13.5. The molecular weight excluding hydrogens is 444 g/mol. The fourth-order valence-electron chi connectivity index (χ4n) is 4.33. The van der Waals surface area contributed by atoms with Gasteiger partial charge < -0.3 is 10.0 Å². The summed E-state index contributed by atoms with van der Waals surface area (Å²) in [5, 5.41) is 25.1. The third-order valence-electron chi connectivity index (χ3n) is 6.54. The highest BCUT2D eigenvalue weighted by Gasteiger charge is 2.40. The molecule has 4 rings (SSSR count). The van der Waals surface area contributed by atoms with Crippen LogP contribution in [0.3, 0.4) is 0 Å². The number of hydrogen-bond acceptors (Lipinski definition) is 7. The van der Waals surface area contributed by atoms with Crippen molar-refractivity contribution in [3.05, 3.63) is 47.3 Å². The quantitative estimate of drug-likeness (QED) is 0.641. The average molecular weight is 475 g/mol. The predicted octanol–water partition coefficient (Wildman–Crippen LogP) is 2.89. The third-order valence-corrected chi connectivity index (χ3v) is 9.78. The zero-order chi connectivity index (χ0) is 23.0. The molecule has 0 radical (unpaired) electrons. The van der Waals surface area contributed by atoms with Crippen molar-refractivity contribution in [2.75, 3.05) is 31.1 Å². The fourth-order valence-corrected chi connectivity index (χ4v) is 6.94. The largest absolute Gasteiger partial charge is 0.386 e. The van der Waals surface area contributed by atoms with Crippen molar-refractivity contribution in [3.63, 3.8) is 0 Å². The molecule has 2 heterocycles. The lowest BCUT2D eigenvalue weighted by Gasteiger charge is -2.44. The zero-order valence-corrected chi connectivity index (χ0v) is 20.1. The third kappa shape index (κ3) is 4.56. The molecule has 1 aliphatic carbocycles. The molecule has 32 heavy (non-hydrogen) atoms. The first-order valence-electron chi connectivity index (χ1n) is 10.9. The normalized spacial score (nSPS) is 21.7. The van der Waals surface area contributed by atoms with Crippen molar-refractivity contribution in [1.29, 1.82) is 5.26 Å². The topological polar surface area (TPSA) is 96.7 Å². The van der Waals surface area contributed by atoms with Crippen LogP contribution in [0.25, 0.3) is 0 Å². The van der Waals surface area contributed by atoms with Crippen LogP contribution in [0.1, 0.15) is 38.7 Å². The number of sulfonamides is 1. The van der Waals surface area contributed by atoms with E-state index in [1.54, 1.807) is 35.7 Å². The highest BCUT2D eigenvalue weighted by molar-refractivity contribution is 7.91. The Morgan fingerprint density at radius 2 is 1.97 bits per heavy atom. The number of nitriles is 1. The molecule has 1 aromatic heterocycles. The van der Waals surface area contributed by atoms with E-state index in [-0.39, 0.29) is 6.04 Å². The maximum atomic E-state index is 13.1. The van der Waals surface area contributed by atoms with Crippen molar-refractivity contribution in [1.82, 2.24) is 9.62 Å². The Morgan fingerprint density at radius 3 is 2.50 bits per heavy atom. The average Bonchev–Trinajstić information content (AvgIpc) is 3.28. The molecule has 1 atom stereocenters. The van der Waals surface area contributed by atoms with E-state index in [0.717, 1.165) is 30.5 Å². The summed E-state index contributed by atoms with van der Waals surface area (Å²) in [5.74, 6) is 0. The van der Waals surface area contributed by atoms with Crippen LogP contribution in [0.15, 0.2) is 46.0 Å². The van der Waals surface area contributed by atoms with Gasteiger partial charge >= 0.3 is 0 Å². The van der Waals surface area contributed by atoms with Gasteiger partial charge in [-0.15, -0.1) is 11.3 Å². The van der Waals surface area contributed by atoms with Crippen LogP contribution in [0.4, 0.5) is 5.69 Å². The van der Waals surface area contributed by atoms with Gasteiger partial charge in [0, 0.05) is 31.9 Å². The second-order valence-electron chi connectivity index (χ2n) is 9.18. The van der Waals surface area contributed by atoms with Gasteiger partial charge in [-0.1, -0.05) is 18.2 Å². The first-order chi connectivity index (χ1) is 15.1. The first-order valence-corrected chi connectivity index (χ1v) is 13.3. The Labute approximate surface area is 194 Å². The summed E-state index contributed by atoms with van der Waals surface area (Å²) in [5.41, 5.74) is 0.396. The van der Waals surface area contributed by atoms with Crippen molar-refractivity contribution in [3.8, 4) is 6.07 Å². The van der Waals surface area contributed by atoms with Crippen molar-refractivity contribution >= 4 is 27.0 Å². The Balaban J connectivity index is 1.57. The summed E-state index contributed by atoms with van der Waals surface area (Å²) in [4.78, 5) is 2.21. The summed E-state index contributed by atoms with van der Waals surface area (Å²) in [7, 11) is -3.53. The van der Waals surface area contributed by atoms with E-state index in [0.29, 0.717) is 30.4 Å². The molecule has 0 spiro atoms. The maximum absolute atomic E-state index is 13.1. The van der Waals surface area contributed by atoms with Crippen LogP contribution in [-0.4, -0.2) is 55.6 Å². The van der Waals surface area contributed by atoms with Crippen LogP contribution in [-0.2, 0) is 15.6 Å². The van der Waals surface area contributed by atoms with Gasteiger partial charge in [0.15, 0.2) is 0 Å². The Kier molecular flexibility index (Phi) is 6.36. The number of rotatable bonds is 7. The minimum absolute atomic E-state index is 0.114. The highest BCUT2D eigenvalue weighted by Crippen LogP contribution is 2.32. The smallest absolute Gasteiger partial charge is 0.252 e. The first kappa shape index (κ1) is 23.2. The number of aliphatic hydroxyl groups is 1. The van der Waals surface area contributed by atoms with Crippen LogP contribution < -0.4 is 10.2 Å². The standard InChI is InChI=1S/C23H30N4O3S2/c1-22(2,28)18-6-8-19(9-7-18)27-13-12-26(32(29,30)21-5-3-14-31-21)16-20(27)15-25-23(17-24)10-4-11-23/h3,5-9,14,20,25,28H,4,10-13,15-16H2,1-2H3/t20-/m0/s1. The van der Waals surface area contributed by atoms with Gasteiger partial charge in [-0.25, -0.2) is 8.42 Å². The van der Waals surface area contributed by atoms with Crippen LogP contribution >= 0.6 is 11.3 Å². The van der Waals surface area contributed by atoms with E-state index in [2.05, 4.69) is 16.3 Å². The van der Waals surface area contributed by atoms with E-state index in [4.69, 9.17) is 0 Å². The lowest BCUT2D eigenvalue weighted by Crippen LogP contribution is -2.61. The fraction of sp³-hybridized carbons (Fsp3) is 0.522. The second-order valence-corrected chi connectivity index (χ2v) is 12.3. The predicted molar refractivity (Wildman–Crippen MR) is 126 cm³/mol. The van der Waals surface area contributed by atoms with Gasteiger partial charge in [-0.3, -0.25) is 5.32 Å². The summed E-state index contributed by atoms with van der Waals surface area (Å²) >= 11 is 1.23. The molecule has 7 nitrogen and oxygen atoms in total. The van der Waals surface area contributed by atoms with Crippen molar-refractivity contribution in [2.45, 2.75) is 54.5 Å². The number of anilines is 1. The molecule has 0 amide bonds. The lowest BCUT2D eigenvalue weighted by atomic mass is 9.78. The highest BCUT2D eigenvalue weighted by atomic mass is 32.2. The monoisotopic (exact) mass is 474 g/mol. The van der Waals surface area contributed by atoms with Crippen LogP contribution in [0, 0.1) is 11.3 Å². The second kappa shape index (κ2) is 8.76. The number of nitrogens with zero attached hydrogens (tertiary/aromatic N) is 3. The van der Waals surface area contributed by atoms with E-state index in [9.17, 15) is 18.8 Å². The zero-order valence-electron chi connectivity index (χ0n) is 18.5. The number of benzene rings is 1. The molecule has 1 aromatic carbocycles. The van der Waals surface area contributed by atoms with Gasteiger partial charge in [0.2, 0.25) is 0 Å². The molecule has 0 bridgehead atoms. The van der Waals surface area contributed by atoms with Crippen LogP contribution in [0.2, 0.25) is 0 Å². The molecule has 0 unspecified atom stereocenters. The SMILES string of the molecule is CC(C)(O)c1ccc(N2CCN(S(=O)(=O)c3cccs3)C[C@@H]2CNC2(C#N)CCC2)cc1. The van der Waals surface area contributed by atoms with Crippen molar-refractivity contribution < 1.29 is 13.5 Å². The van der Waals surface area contributed by atoms with E-state index in [1.807, 2.05) is 24.3 Å². The van der Waals surface area contributed by atoms with Gasteiger partial charge in [0.25, 0.3) is 10.0 Å². The minimum atomic E-state index is -3.53. The molecular formula is C23H30N4O3S2. The molecule has 2 aliphatic rings. The van der Waals surface area contributed by atoms with Crippen LogP contribution in [0.5, 0.6) is 0 Å². The molecule has 1 aliphatic heterocycles. The summed E-state index contributed by atoms with van der Waals surface area (Å²) in [6.07, 6.45) is 2.69. The number of nitrogens with one attached hydrogen (secondary N) is 1. The number of thiophene rings is 1. The van der Waals surface area contributed by atoms with Gasteiger partial charge in [-0.05, 0) is 62.3 Å². The molecule has 2 aromatic rings. The van der Waals surface area contributed by atoms with Gasteiger partial charge in [-0.2, -0.15) is 9.57 Å². The van der Waals surface area contributed by atoms with Crippen molar-refractivity contribution in [2.24, 2.45) is 0 Å². The Morgan fingerprint density at radius 1 is 1.25 bits per heavy atom. The molecule has 2 fully saturated rings. The number of hydrogen-bond donors (Lipinski definition) is 2. The molecule has 172 valence electrons. The summed E-state index contributed by atoms with van der Waals surface area (Å²) in [6.45, 7) is 5.33. The van der Waals surface area contributed by atoms with Gasteiger partial charge in [0.1, 0.15) is 9.75 Å². The van der Waals surface area contributed by atoms with E-state index >= 15 is 0 Å². The van der Waals surface area contributed by atoms with Gasteiger partial charge in [0.05, 0.1) is 17.7 Å². The molecule has 1 saturated heterocycles. The molecule has 2 N–H and O–H groups in total.